The molecule has 2 aliphatic rings. The van der Waals surface area contributed by atoms with Crippen LogP contribution in [0.3, 0.4) is 0 Å². The first-order valence-electron chi connectivity index (χ1n) is 15.1. The summed E-state index contributed by atoms with van der Waals surface area (Å²) in [7, 11) is -3.05. The summed E-state index contributed by atoms with van der Waals surface area (Å²) >= 11 is 1.47. The average molecular weight is 657 g/mol. The van der Waals surface area contributed by atoms with Gasteiger partial charge in [-0.05, 0) is 82.1 Å². The minimum Gasteiger partial charge on any atom is -0.442 e. The average Bonchev–Trinajstić information content (AvgIpc) is 3.48. The molecule has 2 amide bonds. The molecule has 1 aliphatic heterocycles. The number of alkyl halides is 3. The van der Waals surface area contributed by atoms with Gasteiger partial charge in [0.1, 0.15) is 5.60 Å². The lowest BCUT2D eigenvalue weighted by Crippen LogP contribution is -2.35. The number of halogens is 3. The largest absolute Gasteiger partial charge is 0.442 e. The molecular weight excluding hydrogens is 613 g/mol. The summed E-state index contributed by atoms with van der Waals surface area (Å²) in [4.78, 5) is 34.0. The Morgan fingerprint density at radius 1 is 1.18 bits per heavy atom. The van der Waals surface area contributed by atoms with Crippen LogP contribution in [-0.4, -0.2) is 50.2 Å². The molecule has 244 valence electrons. The Labute approximate surface area is 262 Å². The second-order valence-electron chi connectivity index (χ2n) is 13.0. The van der Waals surface area contributed by atoms with Gasteiger partial charge in [0.05, 0.1) is 37.7 Å². The van der Waals surface area contributed by atoms with Gasteiger partial charge < -0.3 is 10.1 Å². The summed E-state index contributed by atoms with van der Waals surface area (Å²) in [6.45, 7) is 12.7. The lowest BCUT2D eigenvalue weighted by molar-refractivity contribution is -0.184. The van der Waals surface area contributed by atoms with Gasteiger partial charge in [0, 0.05) is 36.0 Å². The highest BCUT2D eigenvalue weighted by Crippen LogP contribution is 2.46. The van der Waals surface area contributed by atoms with E-state index >= 15 is 0 Å². The second-order valence-corrected chi connectivity index (χ2v) is 16.6. The number of pyridine rings is 1. The molecule has 0 saturated heterocycles. The van der Waals surface area contributed by atoms with Gasteiger partial charge in [-0.1, -0.05) is 20.8 Å². The van der Waals surface area contributed by atoms with Gasteiger partial charge in [0.15, 0.2) is 0 Å². The summed E-state index contributed by atoms with van der Waals surface area (Å²) in [5.41, 5.74) is 0.912. The van der Waals surface area contributed by atoms with Gasteiger partial charge >= 0.3 is 12.3 Å². The molecule has 1 aliphatic carbocycles. The number of hydrogen-bond donors (Lipinski definition) is 1. The topological polar surface area (TPSA) is 101 Å². The molecule has 0 spiro atoms. The van der Waals surface area contributed by atoms with E-state index in [1.165, 1.54) is 17.5 Å². The van der Waals surface area contributed by atoms with Crippen LogP contribution in [0.15, 0.2) is 33.7 Å². The quantitative estimate of drug-likeness (QED) is 0.312. The lowest BCUT2D eigenvalue weighted by atomic mass is 9.81. The highest BCUT2D eigenvalue weighted by atomic mass is 32.2. The minimum atomic E-state index is -4.10. The van der Waals surface area contributed by atoms with Crippen molar-refractivity contribution in [3.63, 3.8) is 0 Å². The third-order valence-corrected chi connectivity index (χ3v) is 11.6. The van der Waals surface area contributed by atoms with Crippen LogP contribution in [0, 0.1) is 17.8 Å². The minimum absolute atomic E-state index is 0.112. The molecule has 0 bridgehead atoms. The van der Waals surface area contributed by atoms with E-state index in [-0.39, 0.29) is 43.0 Å². The Balaban J connectivity index is 1.36. The maximum absolute atomic E-state index is 13.3. The van der Waals surface area contributed by atoms with E-state index in [0.29, 0.717) is 40.8 Å². The zero-order valence-corrected chi connectivity index (χ0v) is 27.8. The van der Waals surface area contributed by atoms with Crippen LogP contribution >= 0.6 is 11.3 Å². The third-order valence-electron chi connectivity index (χ3n) is 8.14. The van der Waals surface area contributed by atoms with Crippen molar-refractivity contribution >= 4 is 33.1 Å². The molecule has 8 nitrogen and oxygen atoms in total. The van der Waals surface area contributed by atoms with Crippen molar-refractivity contribution in [2.24, 2.45) is 22.1 Å². The smallest absolute Gasteiger partial charge is 0.442 e. The van der Waals surface area contributed by atoms with Crippen molar-refractivity contribution in [3.05, 3.63) is 45.4 Å². The molecule has 4 rings (SSSR count). The predicted molar refractivity (Wildman–Crippen MR) is 165 cm³/mol. The number of rotatable bonds is 8. The molecule has 3 heterocycles. The number of nitrogens with one attached hydrogen (secondary N) is 1. The molecule has 2 aromatic rings. The fourth-order valence-electron chi connectivity index (χ4n) is 5.97. The van der Waals surface area contributed by atoms with E-state index in [9.17, 15) is 27.0 Å². The Morgan fingerprint density at radius 2 is 1.86 bits per heavy atom. The van der Waals surface area contributed by atoms with Crippen LogP contribution in [0.4, 0.5) is 18.0 Å². The predicted octanol–water partition coefficient (Wildman–Crippen LogP) is 7.74. The van der Waals surface area contributed by atoms with Crippen molar-refractivity contribution in [2.75, 3.05) is 12.3 Å². The van der Waals surface area contributed by atoms with Crippen LogP contribution in [0.25, 0.3) is 0 Å². The summed E-state index contributed by atoms with van der Waals surface area (Å²) in [5, 5.41) is 2.91. The van der Waals surface area contributed by atoms with Crippen molar-refractivity contribution in [1.82, 2.24) is 15.2 Å². The maximum Gasteiger partial charge on any atom is 0.442 e. The summed E-state index contributed by atoms with van der Waals surface area (Å²) in [6.07, 6.45) is -1.98. The van der Waals surface area contributed by atoms with Gasteiger partial charge in [-0.15, -0.1) is 15.7 Å². The molecule has 13 heteroatoms. The first kappa shape index (κ1) is 34.4. The van der Waals surface area contributed by atoms with Crippen molar-refractivity contribution in [1.29, 1.82) is 0 Å². The van der Waals surface area contributed by atoms with Gasteiger partial charge in [0.2, 0.25) is 0 Å². The molecular formula is C31H43F3N4O4S2. The van der Waals surface area contributed by atoms with Crippen LogP contribution < -0.4 is 5.32 Å². The van der Waals surface area contributed by atoms with Crippen LogP contribution in [0.2, 0.25) is 0 Å². The van der Waals surface area contributed by atoms with Gasteiger partial charge in [-0.25, -0.2) is 9.00 Å². The fourth-order valence-corrected chi connectivity index (χ4v) is 8.71. The zero-order chi connectivity index (χ0) is 32.4. The van der Waals surface area contributed by atoms with E-state index in [1.807, 2.05) is 6.07 Å². The number of aromatic nitrogens is 1. The Bertz CT molecular complexity index is 1450. The van der Waals surface area contributed by atoms with E-state index < -0.39 is 33.5 Å². The number of thiophene rings is 1. The number of carbonyl (C=O) groups excluding carboxylic acids is 2. The highest BCUT2D eigenvalue weighted by Gasteiger charge is 2.43. The van der Waals surface area contributed by atoms with Crippen LogP contribution in [-0.2, 0) is 27.6 Å². The fraction of sp³-hybridized carbons (Fsp3) is 0.645. The van der Waals surface area contributed by atoms with E-state index in [4.69, 9.17) is 4.74 Å². The van der Waals surface area contributed by atoms with Gasteiger partial charge in [-0.3, -0.25) is 14.7 Å². The Kier molecular flexibility index (Phi) is 10.5. The number of fused-ring (bicyclic) bond motifs is 1. The van der Waals surface area contributed by atoms with Crippen molar-refractivity contribution in [2.45, 2.75) is 103 Å². The number of hydrogen-bond acceptors (Lipinski definition) is 7. The molecule has 44 heavy (non-hydrogen) atoms. The molecule has 0 aromatic carbocycles. The normalized spacial score (nSPS) is 22.4. The Morgan fingerprint density at radius 3 is 2.41 bits per heavy atom. The first-order chi connectivity index (χ1) is 20.5. The molecule has 1 saturated carbocycles. The molecule has 1 N–H and O–H groups in total. The Hall–Kier alpha value is -2.51. The lowest BCUT2D eigenvalue weighted by Gasteiger charge is -2.35. The maximum atomic E-state index is 13.3. The number of amides is 2. The highest BCUT2D eigenvalue weighted by molar-refractivity contribution is 7.93. The van der Waals surface area contributed by atoms with E-state index in [0.717, 1.165) is 17.0 Å². The van der Waals surface area contributed by atoms with Crippen molar-refractivity contribution in [3.8, 4) is 0 Å². The SMILES string of the molecule is CCS(=O)(=NC(=O)OC(C)(C)C)c1ccc(CNC(=O)c2cc3c(s2)[C@H](C(C)C)N(C[C@H]2CC[C@H](C(F)(F)F)CC2)C3)nc1. The van der Waals surface area contributed by atoms with Crippen LogP contribution in [0.1, 0.15) is 99.1 Å². The van der Waals surface area contributed by atoms with Gasteiger partial charge in [0.25, 0.3) is 5.91 Å². The molecule has 1 unspecified atom stereocenters. The molecule has 1 fully saturated rings. The molecule has 2 atom stereocenters. The van der Waals surface area contributed by atoms with E-state index in [2.05, 4.69) is 33.4 Å². The van der Waals surface area contributed by atoms with Crippen LogP contribution in [0.5, 0.6) is 0 Å². The number of nitrogens with zero attached hydrogens (tertiary/aromatic N) is 3. The zero-order valence-electron chi connectivity index (χ0n) is 26.2. The summed E-state index contributed by atoms with van der Waals surface area (Å²) in [6, 6.07) is 5.31. The monoisotopic (exact) mass is 656 g/mol. The van der Waals surface area contributed by atoms with Gasteiger partial charge in [-0.2, -0.15) is 13.2 Å². The standard InChI is InChI=1S/C31H43F3N4O4S2/c1-7-44(41,37-29(40)42-30(4,5)6)24-13-12-23(35-16-24)15-36-28(39)25-14-21-18-38(26(19(2)3)27(21)43-25)17-20-8-10-22(11-9-20)31(32,33)34/h12-14,16,19-20,22,26H,7-11,15,17-18H2,1-6H3,(H,36,39)/t20-,22-,26-,44?/m0/s1. The first-order valence-corrected chi connectivity index (χ1v) is 17.6. The second kappa shape index (κ2) is 13.5. The molecule has 0 radical (unpaired) electrons. The summed E-state index contributed by atoms with van der Waals surface area (Å²) < 4.78 is 61.7. The third kappa shape index (κ3) is 8.39. The summed E-state index contributed by atoms with van der Waals surface area (Å²) in [5.74, 6) is -0.734. The van der Waals surface area contributed by atoms with Crippen molar-refractivity contribution < 1.29 is 31.7 Å². The van der Waals surface area contributed by atoms with E-state index in [1.54, 1.807) is 39.8 Å². The number of carbonyl (C=O) groups is 2. The molecule has 2 aromatic heterocycles. The number of ether oxygens (including phenoxy) is 1.